The molecule has 0 amide bonds. The third-order valence-corrected chi connectivity index (χ3v) is 7.47. The fraction of sp³-hybridized carbons (Fsp3) is 0.516. The van der Waals surface area contributed by atoms with Gasteiger partial charge in [0.15, 0.2) is 11.5 Å². The molecule has 0 bridgehead atoms. The molecule has 4 rings (SSSR count). The van der Waals surface area contributed by atoms with Gasteiger partial charge in [-0.1, -0.05) is 12.1 Å². The Morgan fingerprint density at radius 2 is 1.55 bits per heavy atom. The molecule has 1 aromatic heterocycles. The number of nitrogen functional groups attached to an aromatic ring is 1. The smallest absolute Gasteiger partial charge is 0.164 e. The Balaban J connectivity index is 1.32. The van der Waals surface area contributed by atoms with Crippen LogP contribution >= 0.6 is 0 Å². The van der Waals surface area contributed by atoms with Crippen LogP contribution in [0, 0.1) is 19.8 Å². The molecule has 7 nitrogen and oxygen atoms in total. The normalized spacial score (nSPS) is 17.4. The number of ether oxygens (including phenoxy) is 3. The zero-order valence-corrected chi connectivity index (χ0v) is 23.7. The van der Waals surface area contributed by atoms with Gasteiger partial charge >= 0.3 is 0 Å². The first-order valence-corrected chi connectivity index (χ1v) is 14.1. The second-order valence-corrected chi connectivity index (χ2v) is 10.2. The molecule has 206 valence electrons. The molecule has 0 atom stereocenters. The molecular weight excluding hydrogens is 476 g/mol. The number of fused-ring (bicyclic) bond motifs is 1. The third kappa shape index (κ3) is 6.44. The number of nitrogens with two attached hydrogens (primary N) is 1. The van der Waals surface area contributed by atoms with Crippen LogP contribution in [0.1, 0.15) is 63.1 Å². The molecule has 0 aliphatic heterocycles. The van der Waals surface area contributed by atoms with Crippen LogP contribution in [0.5, 0.6) is 17.2 Å². The molecule has 7 heteroatoms. The van der Waals surface area contributed by atoms with Gasteiger partial charge in [0, 0.05) is 40.9 Å². The standard InChI is InChI=1S/C31H44N4O3/c1-6-36-26-17-28(38-8-3)27(37-7-2)16-23(26)19-33-18-22-12-14-24(15-13-22)34-31-21(5)30(32)29-20(4)10-9-11-25(29)35-31/h9-11,16-17,22,24,33H,6-8,12-15,18-19H2,1-5H3,(H3,32,34,35)/t22-,24+. The molecule has 1 aliphatic carbocycles. The van der Waals surface area contributed by atoms with E-state index in [1.54, 1.807) is 0 Å². The first-order chi connectivity index (χ1) is 18.4. The third-order valence-electron chi connectivity index (χ3n) is 7.47. The highest BCUT2D eigenvalue weighted by Crippen LogP contribution is 2.36. The van der Waals surface area contributed by atoms with E-state index in [9.17, 15) is 0 Å². The van der Waals surface area contributed by atoms with Crippen LogP contribution in [0.2, 0.25) is 0 Å². The predicted molar refractivity (Wildman–Crippen MR) is 157 cm³/mol. The van der Waals surface area contributed by atoms with E-state index in [1.165, 1.54) is 18.4 Å². The van der Waals surface area contributed by atoms with E-state index >= 15 is 0 Å². The van der Waals surface area contributed by atoms with Crippen molar-refractivity contribution in [3.05, 3.63) is 47.0 Å². The quantitative estimate of drug-likeness (QED) is 0.255. The van der Waals surface area contributed by atoms with E-state index in [4.69, 9.17) is 24.9 Å². The number of benzene rings is 2. The second-order valence-electron chi connectivity index (χ2n) is 10.2. The van der Waals surface area contributed by atoms with Gasteiger partial charge in [-0.3, -0.25) is 0 Å². The zero-order valence-electron chi connectivity index (χ0n) is 23.7. The van der Waals surface area contributed by atoms with E-state index in [2.05, 4.69) is 36.6 Å². The number of hydrogen-bond donors (Lipinski definition) is 3. The predicted octanol–water partition coefficient (Wildman–Crippen LogP) is 6.39. The van der Waals surface area contributed by atoms with Crippen molar-refractivity contribution in [1.82, 2.24) is 10.3 Å². The van der Waals surface area contributed by atoms with Crippen LogP contribution < -0.4 is 30.6 Å². The van der Waals surface area contributed by atoms with Gasteiger partial charge in [-0.15, -0.1) is 0 Å². The summed E-state index contributed by atoms with van der Waals surface area (Å²) in [7, 11) is 0. The Hall–Kier alpha value is -3.19. The van der Waals surface area contributed by atoms with Crippen molar-refractivity contribution in [3.63, 3.8) is 0 Å². The van der Waals surface area contributed by atoms with E-state index in [1.807, 2.05) is 39.0 Å². The minimum Gasteiger partial charge on any atom is -0.493 e. The van der Waals surface area contributed by atoms with Crippen LogP contribution in [-0.4, -0.2) is 37.4 Å². The van der Waals surface area contributed by atoms with Crippen molar-refractivity contribution < 1.29 is 14.2 Å². The Kier molecular flexibility index (Phi) is 9.56. The maximum atomic E-state index is 6.52. The molecular formula is C31H44N4O3. The number of anilines is 2. The van der Waals surface area contributed by atoms with Crippen molar-refractivity contribution in [1.29, 1.82) is 0 Å². The number of aryl methyl sites for hydroxylation is 1. The van der Waals surface area contributed by atoms with Gasteiger partial charge in [0.1, 0.15) is 11.6 Å². The number of nitrogens with one attached hydrogen (secondary N) is 2. The zero-order chi connectivity index (χ0) is 27.1. The first kappa shape index (κ1) is 27.8. The summed E-state index contributed by atoms with van der Waals surface area (Å²) < 4.78 is 17.5. The summed E-state index contributed by atoms with van der Waals surface area (Å²) in [5, 5.41) is 8.45. The lowest BCUT2D eigenvalue weighted by Gasteiger charge is -2.30. The highest BCUT2D eigenvalue weighted by molar-refractivity contribution is 5.96. The number of pyridine rings is 1. The van der Waals surface area contributed by atoms with Crippen LogP contribution in [0.3, 0.4) is 0 Å². The van der Waals surface area contributed by atoms with E-state index < -0.39 is 0 Å². The van der Waals surface area contributed by atoms with Crippen molar-refractivity contribution in [2.75, 3.05) is 37.4 Å². The minimum absolute atomic E-state index is 0.420. The van der Waals surface area contributed by atoms with Crippen molar-refractivity contribution >= 4 is 22.4 Å². The monoisotopic (exact) mass is 520 g/mol. The molecule has 2 aromatic carbocycles. The lowest BCUT2D eigenvalue weighted by molar-refractivity contribution is 0.281. The van der Waals surface area contributed by atoms with Crippen LogP contribution in [0.25, 0.3) is 10.9 Å². The molecule has 1 aliphatic rings. The fourth-order valence-electron chi connectivity index (χ4n) is 5.42. The van der Waals surface area contributed by atoms with Crippen LogP contribution in [-0.2, 0) is 6.54 Å². The van der Waals surface area contributed by atoms with Crippen molar-refractivity contribution in [2.24, 2.45) is 5.92 Å². The molecule has 38 heavy (non-hydrogen) atoms. The van der Waals surface area contributed by atoms with Gasteiger partial charge in [0.05, 0.1) is 25.3 Å². The SMILES string of the molecule is CCOc1cc(OCC)c(OCC)cc1CNC[C@H]1CC[C@@H](Nc2nc3cccc(C)c3c(N)c2C)CC1. The summed E-state index contributed by atoms with van der Waals surface area (Å²) in [5.74, 6) is 3.93. The number of nitrogens with zero attached hydrogens (tertiary/aromatic N) is 1. The average Bonchev–Trinajstić information content (AvgIpc) is 2.90. The summed E-state index contributed by atoms with van der Waals surface area (Å²) >= 11 is 0. The topological polar surface area (TPSA) is 90.7 Å². The van der Waals surface area contributed by atoms with Gasteiger partial charge in [-0.2, -0.15) is 0 Å². The second kappa shape index (κ2) is 13.1. The molecule has 1 fully saturated rings. The lowest BCUT2D eigenvalue weighted by Crippen LogP contribution is -2.31. The van der Waals surface area contributed by atoms with Crippen LogP contribution in [0.15, 0.2) is 30.3 Å². The number of rotatable bonds is 12. The first-order valence-electron chi connectivity index (χ1n) is 14.1. The molecule has 0 unspecified atom stereocenters. The molecule has 0 radical (unpaired) electrons. The van der Waals surface area contributed by atoms with Gasteiger partial charge in [0.2, 0.25) is 0 Å². The summed E-state index contributed by atoms with van der Waals surface area (Å²) in [4.78, 5) is 4.92. The molecule has 1 saturated carbocycles. The Labute approximate surface area is 227 Å². The average molecular weight is 521 g/mol. The van der Waals surface area contributed by atoms with Gasteiger partial charge < -0.3 is 30.6 Å². The Morgan fingerprint density at radius 1 is 0.895 bits per heavy atom. The molecule has 0 saturated heterocycles. The van der Waals surface area contributed by atoms with E-state index in [0.29, 0.717) is 31.8 Å². The molecule has 0 spiro atoms. The van der Waals surface area contributed by atoms with Gasteiger partial charge in [-0.25, -0.2) is 4.98 Å². The lowest BCUT2D eigenvalue weighted by atomic mass is 9.86. The van der Waals surface area contributed by atoms with Gasteiger partial charge in [0.25, 0.3) is 0 Å². The molecule has 4 N–H and O–H groups in total. The van der Waals surface area contributed by atoms with Gasteiger partial charge in [-0.05, 0) is 90.5 Å². The van der Waals surface area contributed by atoms with Crippen molar-refractivity contribution in [2.45, 2.75) is 72.9 Å². The maximum Gasteiger partial charge on any atom is 0.164 e. The van der Waals surface area contributed by atoms with Crippen LogP contribution in [0.4, 0.5) is 11.5 Å². The fourth-order valence-corrected chi connectivity index (χ4v) is 5.42. The maximum absolute atomic E-state index is 6.52. The Morgan fingerprint density at radius 3 is 2.24 bits per heavy atom. The number of hydrogen-bond acceptors (Lipinski definition) is 7. The highest BCUT2D eigenvalue weighted by Gasteiger charge is 2.23. The van der Waals surface area contributed by atoms with Crippen molar-refractivity contribution in [3.8, 4) is 17.2 Å². The summed E-state index contributed by atoms with van der Waals surface area (Å²) in [6.45, 7) is 13.6. The largest absolute Gasteiger partial charge is 0.493 e. The molecule has 1 heterocycles. The minimum atomic E-state index is 0.420. The van der Waals surface area contributed by atoms with E-state index in [-0.39, 0.29) is 0 Å². The highest BCUT2D eigenvalue weighted by atomic mass is 16.5. The Bertz CT molecular complexity index is 1220. The number of aromatic nitrogens is 1. The summed E-state index contributed by atoms with van der Waals surface area (Å²) in [6.07, 6.45) is 4.61. The summed E-state index contributed by atoms with van der Waals surface area (Å²) in [6, 6.07) is 10.6. The summed E-state index contributed by atoms with van der Waals surface area (Å²) in [5.41, 5.74) is 11.6. The van der Waals surface area contributed by atoms with E-state index in [0.717, 1.165) is 76.7 Å². The molecule has 3 aromatic rings.